The summed E-state index contributed by atoms with van der Waals surface area (Å²) in [7, 11) is 1.67. The van der Waals surface area contributed by atoms with Gasteiger partial charge in [-0.3, -0.25) is 15.1 Å². The number of likely N-dealkylation sites (tertiary alicyclic amines) is 1. The van der Waals surface area contributed by atoms with Crippen LogP contribution in [0.3, 0.4) is 0 Å². The third-order valence-electron chi connectivity index (χ3n) is 5.02. The minimum absolute atomic E-state index is 0.0150. The maximum atomic E-state index is 11.7. The van der Waals surface area contributed by atoms with E-state index in [0.29, 0.717) is 13.2 Å². The zero-order valence-corrected chi connectivity index (χ0v) is 15.2. The molecule has 6 nitrogen and oxygen atoms in total. The summed E-state index contributed by atoms with van der Waals surface area (Å²) < 4.78 is 11.1. The number of ether oxygens (including phenoxy) is 2. The Kier molecular flexibility index (Phi) is 6.44. The molecule has 0 aliphatic carbocycles. The smallest absolute Gasteiger partial charge is 0.237 e. The Balaban J connectivity index is 1.77. The van der Waals surface area contributed by atoms with E-state index in [1.54, 1.807) is 7.11 Å². The summed E-state index contributed by atoms with van der Waals surface area (Å²) >= 11 is 0. The van der Waals surface area contributed by atoms with Crippen LogP contribution in [0, 0.1) is 5.92 Å². The zero-order valence-electron chi connectivity index (χ0n) is 15.2. The van der Waals surface area contributed by atoms with Crippen LogP contribution in [0.5, 0.6) is 5.75 Å². The van der Waals surface area contributed by atoms with Gasteiger partial charge in [0.25, 0.3) is 0 Å². The van der Waals surface area contributed by atoms with Crippen molar-refractivity contribution in [2.45, 2.75) is 19.4 Å². The molecule has 6 heteroatoms. The molecule has 0 bridgehead atoms. The van der Waals surface area contributed by atoms with Gasteiger partial charge >= 0.3 is 0 Å². The van der Waals surface area contributed by atoms with E-state index in [1.165, 1.54) is 16.3 Å². The number of carbonyl (C=O) groups is 1. The SMILES string of the molecule is COCCOc1ccc2ccccc2c1CN1CCC(C(=O)NN)CC1. The van der Waals surface area contributed by atoms with Gasteiger partial charge in [0.05, 0.1) is 6.61 Å². The molecule has 26 heavy (non-hydrogen) atoms. The number of nitrogens with two attached hydrogens (primary N) is 1. The van der Waals surface area contributed by atoms with Crippen molar-refractivity contribution in [3.05, 3.63) is 42.0 Å². The number of hydrazine groups is 1. The van der Waals surface area contributed by atoms with E-state index in [9.17, 15) is 4.79 Å². The fourth-order valence-electron chi connectivity index (χ4n) is 3.54. The third-order valence-corrected chi connectivity index (χ3v) is 5.02. The van der Waals surface area contributed by atoms with Crippen LogP contribution in [0.25, 0.3) is 10.8 Å². The van der Waals surface area contributed by atoms with Crippen LogP contribution in [-0.4, -0.2) is 44.2 Å². The molecule has 0 saturated carbocycles. The largest absolute Gasteiger partial charge is 0.491 e. The molecule has 0 aromatic heterocycles. The van der Waals surface area contributed by atoms with E-state index in [-0.39, 0.29) is 11.8 Å². The number of benzene rings is 2. The molecular formula is C20H27N3O3. The van der Waals surface area contributed by atoms with Gasteiger partial charge in [-0.1, -0.05) is 30.3 Å². The molecule has 1 aliphatic heterocycles. The minimum Gasteiger partial charge on any atom is -0.491 e. The molecule has 0 unspecified atom stereocenters. The van der Waals surface area contributed by atoms with Crippen LogP contribution in [0.15, 0.2) is 36.4 Å². The van der Waals surface area contributed by atoms with E-state index in [1.807, 2.05) is 6.07 Å². The van der Waals surface area contributed by atoms with Gasteiger partial charge in [-0.15, -0.1) is 0 Å². The van der Waals surface area contributed by atoms with Crippen LogP contribution in [0.1, 0.15) is 18.4 Å². The molecule has 1 saturated heterocycles. The number of piperidine rings is 1. The molecule has 140 valence electrons. The van der Waals surface area contributed by atoms with Gasteiger partial charge in [0, 0.05) is 25.1 Å². The Hall–Kier alpha value is -2.15. The average Bonchev–Trinajstić information content (AvgIpc) is 2.69. The van der Waals surface area contributed by atoms with Crippen LogP contribution in [0.4, 0.5) is 0 Å². The average molecular weight is 357 g/mol. The molecule has 0 radical (unpaired) electrons. The molecule has 1 heterocycles. The third kappa shape index (κ3) is 4.33. The van der Waals surface area contributed by atoms with Gasteiger partial charge in [0.15, 0.2) is 0 Å². The predicted octanol–water partition coefficient (Wildman–Crippen LogP) is 2.07. The number of nitrogens with one attached hydrogen (secondary N) is 1. The lowest BCUT2D eigenvalue weighted by atomic mass is 9.95. The highest BCUT2D eigenvalue weighted by Crippen LogP contribution is 2.30. The summed E-state index contributed by atoms with van der Waals surface area (Å²) in [6.07, 6.45) is 1.65. The van der Waals surface area contributed by atoms with E-state index in [4.69, 9.17) is 15.3 Å². The first-order chi connectivity index (χ1) is 12.7. The number of hydrogen-bond donors (Lipinski definition) is 2. The molecule has 2 aromatic carbocycles. The molecule has 1 fully saturated rings. The van der Waals surface area contributed by atoms with E-state index >= 15 is 0 Å². The lowest BCUT2D eigenvalue weighted by molar-refractivity contribution is -0.126. The first-order valence-corrected chi connectivity index (χ1v) is 9.08. The summed E-state index contributed by atoms with van der Waals surface area (Å²) in [6, 6.07) is 12.5. The van der Waals surface area contributed by atoms with Gasteiger partial charge in [-0.25, -0.2) is 5.84 Å². The number of hydrogen-bond acceptors (Lipinski definition) is 5. The fourth-order valence-corrected chi connectivity index (χ4v) is 3.54. The fraction of sp³-hybridized carbons (Fsp3) is 0.450. The van der Waals surface area contributed by atoms with Crippen LogP contribution >= 0.6 is 0 Å². The lowest BCUT2D eigenvalue weighted by Gasteiger charge is -2.31. The molecule has 0 atom stereocenters. The highest BCUT2D eigenvalue weighted by atomic mass is 16.5. The van der Waals surface area contributed by atoms with Crippen molar-refractivity contribution >= 4 is 16.7 Å². The Morgan fingerprint density at radius 2 is 1.96 bits per heavy atom. The Bertz CT molecular complexity index is 742. The second-order valence-corrected chi connectivity index (χ2v) is 6.66. The monoisotopic (exact) mass is 357 g/mol. The molecule has 0 spiro atoms. The Morgan fingerprint density at radius 3 is 2.69 bits per heavy atom. The van der Waals surface area contributed by atoms with Crippen molar-refractivity contribution in [2.24, 2.45) is 11.8 Å². The van der Waals surface area contributed by atoms with Crippen molar-refractivity contribution in [2.75, 3.05) is 33.4 Å². The van der Waals surface area contributed by atoms with Crippen LogP contribution < -0.4 is 16.0 Å². The van der Waals surface area contributed by atoms with Crippen molar-refractivity contribution in [3.8, 4) is 5.75 Å². The minimum atomic E-state index is -0.0570. The van der Waals surface area contributed by atoms with Gasteiger partial charge in [0.1, 0.15) is 12.4 Å². The van der Waals surface area contributed by atoms with Gasteiger partial charge in [-0.05, 0) is 42.8 Å². The maximum Gasteiger partial charge on any atom is 0.237 e. The summed E-state index contributed by atoms with van der Waals surface area (Å²) in [5, 5.41) is 2.42. The first-order valence-electron chi connectivity index (χ1n) is 9.08. The number of amides is 1. The summed E-state index contributed by atoms with van der Waals surface area (Å²) in [4.78, 5) is 14.1. The standard InChI is InChI=1S/C20H27N3O3/c1-25-12-13-26-19-7-6-15-4-2-3-5-17(15)18(19)14-23-10-8-16(9-11-23)20(24)22-21/h2-7,16H,8-14,21H2,1H3,(H,22,24). The topological polar surface area (TPSA) is 76.8 Å². The molecule has 3 N–H and O–H groups in total. The van der Waals surface area contributed by atoms with Crippen molar-refractivity contribution < 1.29 is 14.3 Å². The van der Waals surface area contributed by atoms with Crippen LogP contribution in [0.2, 0.25) is 0 Å². The van der Waals surface area contributed by atoms with Crippen molar-refractivity contribution in [1.29, 1.82) is 0 Å². The highest BCUT2D eigenvalue weighted by molar-refractivity contribution is 5.87. The van der Waals surface area contributed by atoms with E-state index < -0.39 is 0 Å². The van der Waals surface area contributed by atoms with E-state index in [2.05, 4.69) is 40.7 Å². The summed E-state index contributed by atoms with van der Waals surface area (Å²) in [6.45, 7) is 3.64. The molecule has 1 aliphatic rings. The summed E-state index contributed by atoms with van der Waals surface area (Å²) in [5.41, 5.74) is 3.47. The normalized spacial score (nSPS) is 15.9. The molecule has 3 rings (SSSR count). The van der Waals surface area contributed by atoms with Crippen molar-refractivity contribution in [3.63, 3.8) is 0 Å². The number of methoxy groups -OCH3 is 1. The first kappa shape index (κ1) is 18.6. The van der Waals surface area contributed by atoms with E-state index in [0.717, 1.165) is 38.2 Å². The summed E-state index contributed by atoms with van der Waals surface area (Å²) in [5.74, 6) is 6.12. The predicted molar refractivity (Wildman–Crippen MR) is 102 cm³/mol. The number of nitrogens with zero attached hydrogens (tertiary/aromatic N) is 1. The second kappa shape index (κ2) is 8.98. The van der Waals surface area contributed by atoms with Gasteiger partial charge in [-0.2, -0.15) is 0 Å². The van der Waals surface area contributed by atoms with Crippen LogP contribution in [-0.2, 0) is 16.1 Å². The molecular weight excluding hydrogens is 330 g/mol. The maximum absolute atomic E-state index is 11.7. The molecule has 1 amide bonds. The number of fused-ring (bicyclic) bond motifs is 1. The Labute approximate surface area is 154 Å². The van der Waals surface area contributed by atoms with Gasteiger partial charge in [0.2, 0.25) is 5.91 Å². The highest BCUT2D eigenvalue weighted by Gasteiger charge is 2.25. The number of carbonyl (C=O) groups excluding carboxylic acids is 1. The van der Waals surface area contributed by atoms with Crippen molar-refractivity contribution in [1.82, 2.24) is 10.3 Å². The zero-order chi connectivity index (χ0) is 18.4. The van der Waals surface area contributed by atoms with Gasteiger partial charge < -0.3 is 9.47 Å². The lowest BCUT2D eigenvalue weighted by Crippen LogP contribution is -2.42. The second-order valence-electron chi connectivity index (χ2n) is 6.66. The Morgan fingerprint density at radius 1 is 1.19 bits per heavy atom. The quantitative estimate of drug-likeness (QED) is 0.343. The molecule has 2 aromatic rings. The number of rotatable bonds is 7.